The first-order valence-corrected chi connectivity index (χ1v) is 11.1. The van der Waals surface area contributed by atoms with Crippen molar-refractivity contribution in [2.75, 3.05) is 37.9 Å². The minimum Gasteiger partial charge on any atom is -0.493 e. The molecule has 0 fully saturated rings. The van der Waals surface area contributed by atoms with Gasteiger partial charge in [0.05, 0.1) is 26.2 Å². The molecular formula is C19H23BrN2O5S. The van der Waals surface area contributed by atoms with E-state index in [1.54, 1.807) is 44.6 Å². The maximum absolute atomic E-state index is 12.3. The third-order valence-electron chi connectivity index (χ3n) is 3.97. The highest BCUT2D eigenvalue weighted by atomic mass is 79.9. The molecule has 0 aliphatic rings. The molecule has 9 heteroatoms. The molecule has 28 heavy (non-hydrogen) atoms. The van der Waals surface area contributed by atoms with Crippen LogP contribution >= 0.6 is 15.9 Å². The van der Waals surface area contributed by atoms with Crippen molar-refractivity contribution < 1.29 is 22.7 Å². The number of carbonyl (C=O) groups is 1. The number of hydrogen-bond donors (Lipinski definition) is 1. The highest BCUT2D eigenvalue weighted by molar-refractivity contribution is 9.10. The van der Waals surface area contributed by atoms with Crippen LogP contribution in [0.25, 0.3) is 0 Å². The van der Waals surface area contributed by atoms with Gasteiger partial charge in [-0.25, -0.2) is 8.42 Å². The van der Waals surface area contributed by atoms with E-state index in [0.29, 0.717) is 30.2 Å². The number of rotatable bonds is 9. The van der Waals surface area contributed by atoms with E-state index in [0.717, 1.165) is 20.6 Å². The summed E-state index contributed by atoms with van der Waals surface area (Å²) < 4.78 is 36.5. The number of nitrogens with zero attached hydrogens (tertiary/aromatic N) is 1. The molecule has 152 valence electrons. The number of nitrogens with one attached hydrogen (secondary N) is 1. The molecule has 0 aliphatic heterocycles. The lowest BCUT2D eigenvalue weighted by Gasteiger charge is -2.22. The molecular weight excluding hydrogens is 448 g/mol. The topological polar surface area (TPSA) is 84.9 Å². The summed E-state index contributed by atoms with van der Waals surface area (Å²) >= 11 is 3.31. The van der Waals surface area contributed by atoms with Gasteiger partial charge < -0.3 is 14.8 Å². The van der Waals surface area contributed by atoms with Crippen LogP contribution in [0.5, 0.6) is 11.5 Å². The number of amides is 1. The van der Waals surface area contributed by atoms with E-state index >= 15 is 0 Å². The summed E-state index contributed by atoms with van der Waals surface area (Å²) in [4.78, 5) is 12.3. The highest BCUT2D eigenvalue weighted by Gasteiger charge is 2.20. The molecule has 0 spiro atoms. The fraction of sp³-hybridized carbons (Fsp3) is 0.316. The van der Waals surface area contributed by atoms with Crippen LogP contribution in [-0.2, 0) is 21.2 Å². The third-order valence-corrected chi connectivity index (χ3v) is 5.60. The van der Waals surface area contributed by atoms with Gasteiger partial charge in [0, 0.05) is 11.0 Å². The largest absolute Gasteiger partial charge is 0.493 e. The molecule has 0 radical (unpaired) electrons. The second-order valence-corrected chi connectivity index (χ2v) is 8.86. The molecule has 2 aromatic rings. The predicted octanol–water partition coefficient (Wildman–Crippen LogP) is 2.59. The first kappa shape index (κ1) is 22.0. The van der Waals surface area contributed by atoms with Crippen LogP contribution in [-0.4, -0.2) is 47.9 Å². The normalized spacial score (nSPS) is 11.0. The van der Waals surface area contributed by atoms with E-state index in [9.17, 15) is 13.2 Å². The zero-order chi connectivity index (χ0) is 20.7. The molecule has 0 saturated heterocycles. The van der Waals surface area contributed by atoms with E-state index in [-0.39, 0.29) is 12.5 Å². The molecule has 1 amide bonds. The maximum Gasteiger partial charge on any atom is 0.240 e. The van der Waals surface area contributed by atoms with Crippen molar-refractivity contribution in [3.05, 3.63) is 52.5 Å². The van der Waals surface area contributed by atoms with Crippen LogP contribution in [0.15, 0.2) is 46.9 Å². The first-order valence-electron chi connectivity index (χ1n) is 8.45. The SMILES string of the molecule is COc1ccc(CCNC(=O)CN(c2cccc(Br)c2)S(C)(=O)=O)cc1OC. The summed E-state index contributed by atoms with van der Waals surface area (Å²) in [6.45, 7) is 0.0750. The Kier molecular flexibility index (Phi) is 7.70. The fourth-order valence-electron chi connectivity index (χ4n) is 2.60. The second-order valence-electron chi connectivity index (χ2n) is 6.04. The van der Waals surface area contributed by atoms with E-state index < -0.39 is 10.0 Å². The van der Waals surface area contributed by atoms with Crippen molar-refractivity contribution >= 4 is 37.5 Å². The van der Waals surface area contributed by atoms with Crippen LogP contribution in [0.3, 0.4) is 0 Å². The second kappa shape index (κ2) is 9.79. The zero-order valence-corrected chi connectivity index (χ0v) is 18.3. The number of methoxy groups -OCH3 is 2. The van der Waals surface area contributed by atoms with Crippen molar-refractivity contribution in [1.29, 1.82) is 0 Å². The summed E-state index contributed by atoms with van der Waals surface area (Å²) in [5, 5.41) is 2.76. The maximum atomic E-state index is 12.3. The number of hydrogen-bond acceptors (Lipinski definition) is 5. The molecule has 0 saturated carbocycles. The molecule has 0 unspecified atom stereocenters. The van der Waals surface area contributed by atoms with Gasteiger partial charge >= 0.3 is 0 Å². The molecule has 0 aromatic heterocycles. The predicted molar refractivity (Wildman–Crippen MR) is 113 cm³/mol. The average molecular weight is 471 g/mol. The molecule has 2 rings (SSSR count). The van der Waals surface area contributed by atoms with Crippen molar-refractivity contribution in [2.24, 2.45) is 0 Å². The Morgan fingerprint density at radius 3 is 2.43 bits per heavy atom. The number of carbonyl (C=O) groups excluding carboxylic acids is 1. The van der Waals surface area contributed by atoms with Gasteiger partial charge in [-0.1, -0.05) is 28.1 Å². The Balaban J connectivity index is 1.98. The summed E-state index contributed by atoms with van der Waals surface area (Å²) in [6.07, 6.45) is 1.65. The number of halogens is 1. The molecule has 0 heterocycles. The number of sulfonamides is 1. The monoisotopic (exact) mass is 470 g/mol. The summed E-state index contributed by atoms with van der Waals surface area (Å²) in [5.74, 6) is 0.864. The van der Waals surface area contributed by atoms with E-state index in [4.69, 9.17) is 9.47 Å². The number of benzene rings is 2. The Morgan fingerprint density at radius 1 is 1.11 bits per heavy atom. The lowest BCUT2D eigenvalue weighted by molar-refractivity contribution is -0.119. The fourth-order valence-corrected chi connectivity index (χ4v) is 3.84. The Bertz CT molecular complexity index is 934. The summed E-state index contributed by atoms with van der Waals surface area (Å²) in [5.41, 5.74) is 1.39. The van der Waals surface area contributed by atoms with Crippen molar-refractivity contribution in [1.82, 2.24) is 5.32 Å². The highest BCUT2D eigenvalue weighted by Crippen LogP contribution is 2.27. The van der Waals surface area contributed by atoms with Crippen LogP contribution in [0.4, 0.5) is 5.69 Å². The molecule has 1 N–H and O–H groups in total. The standard InChI is InChI=1S/C19H23BrN2O5S/c1-26-17-8-7-14(11-18(17)27-2)9-10-21-19(23)13-22(28(3,24)25)16-6-4-5-15(20)12-16/h4-8,11-12H,9-10,13H2,1-3H3,(H,21,23). The van der Waals surface area contributed by atoms with Gasteiger partial charge in [0.1, 0.15) is 6.54 Å². The lowest BCUT2D eigenvalue weighted by Crippen LogP contribution is -2.40. The molecule has 0 aliphatic carbocycles. The molecule has 7 nitrogen and oxygen atoms in total. The minimum atomic E-state index is -3.60. The van der Waals surface area contributed by atoms with Crippen LogP contribution in [0.1, 0.15) is 5.56 Å². The number of anilines is 1. The summed E-state index contributed by atoms with van der Waals surface area (Å²) in [6, 6.07) is 12.3. The Morgan fingerprint density at radius 2 is 1.82 bits per heavy atom. The van der Waals surface area contributed by atoms with Crippen LogP contribution in [0.2, 0.25) is 0 Å². The van der Waals surface area contributed by atoms with Gasteiger partial charge in [0.2, 0.25) is 15.9 Å². The lowest BCUT2D eigenvalue weighted by atomic mass is 10.1. The minimum absolute atomic E-state index is 0.290. The van der Waals surface area contributed by atoms with Crippen LogP contribution < -0.4 is 19.1 Å². The van der Waals surface area contributed by atoms with Gasteiger partial charge in [-0.05, 0) is 42.3 Å². The van der Waals surface area contributed by atoms with E-state index in [2.05, 4.69) is 21.2 Å². The van der Waals surface area contributed by atoms with Crippen molar-refractivity contribution in [3.8, 4) is 11.5 Å². The quantitative estimate of drug-likeness (QED) is 0.608. The first-order chi connectivity index (χ1) is 13.2. The molecule has 0 bridgehead atoms. The van der Waals surface area contributed by atoms with Gasteiger partial charge in [0.25, 0.3) is 0 Å². The van der Waals surface area contributed by atoms with Gasteiger partial charge in [-0.2, -0.15) is 0 Å². The van der Waals surface area contributed by atoms with Crippen molar-refractivity contribution in [3.63, 3.8) is 0 Å². The number of ether oxygens (including phenoxy) is 2. The Labute approximate surface area is 173 Å². The van der Waals surface area contributed by atoms with Gasteiger partial charge in [0.15, 0.2) is 11.5 Å². The van der Waals surface area contributed by atoms with E-state index in [1.807, 2.05) is 12.1 Å². The molecule has 0 atom stereocenters. The van der Waals surface area contributed by atoms with Crippen LogP contribution in [0, 0.1) is 0 Å². The molecule has 2 aromatic carbocycles. The van der Waals surface area contributed by atoms with E-state index in [1.165, 1.54) is 0 Å². The zero-order valence-electron chi connectivity index (χ0n) is 15.9. The van der Waals surface area contributed by atoms with Gasteiger partial charge in [-0.3, -0.25) is 9.10 Å². The summed E-state index contributed by atoms with van der Waals surface area (Å²) in [7, 11) is -0.476. The smallest absolute Gasteiger partial charge is 0.240 e. The van der Waals surface area contributed by atoms with Crippen molar-refractivity contribution in [2.45, 2.75) is 6.42 Å². The third kappa shape index (κ3) is 6.13. The van der Waals surface area contributed by atoms with Gasteiger partial charge in [-0.15, -0.1) is 0 Å². The average Bonchev–Trinajstić information content (AvgIpc) is 2.65. The Hall–Kier alpha value is -2.26.